The summed E-state index contributed by atoms with van der Waals surface area (Å²) < 4.78 is 1.97. The van der Waals surface area contributed by atoms with Gasteiger partial charge in [0.25, 0.3) is 0 Å². The number of hydrogen-bond acceptors (Lipinski definition) is 1. The van der Waals surface area contributed by atoms with Gasteiger partial charge in [0.1, 0.15) is 6.10 Å². The van der Waals surface area contributed by atoms with Crippen LogP contribution in [0, 0.1) is 0 Å². The molecule has 84 valence electrons. The van der Waals surface area contributed by atoms with Crippen LogP contribution < -0.4 is 21.5 Å². The summed E-state index contributed by atoms with van der Waals surface area (Å²) in [5, 5.41) is 9.95. The Bertz CT molecular complexity index is 405. The summed E-state index contributed by atoms with van der Waals surface area (Å²) in [7, 11) is 0. The van der Waals surface area contributed by atoms with E-state index in [1.165, 1.54) is 0 Å². The minimum absolute atomic E-state index is 0. The van der Waals surface area contributed by atoms with Gasteiger partial charge in [0.2, 0.25) is 0 Å². The van der Waals surface area contributed by atoms with Crippen LogP contribution in [0.3, 0.4) is 0 Å². The number of aliphatic hydroxyl groups is 1. The predicted molar refractivity (Wildman–Crippen MR) is 58.0 cm³/mol. The molecule has 1 N–H and O–H groups in total. The van der Waals surface area contributed by atoms with Crippen LogP contribution in [0.1, 0.15) is 11.7 Å². The fourth-order valence-corrected chi connectivity index (χ4v) is 1.54. The van der Waals surface area contributed by atoms with Gasteiger partial charge in [0.15, 0.2) is 18.9 Å². The number of aromatic nitrogens is 1. The van der Waals surface area contributed by atoms with Crippen molar-refractivity contribution in [3.8, 4) is 0 Å². The number of pyridine rings is 1. The van der Waals surface area contributed by atoms with E-state index in [0.717, 1.165) is 5.56 Å². The van der Waals surface area contributed by atoms with Crippen molar-refractivity contribution in [2.75, 3.05) is 0 Å². The molecular weight excluding hydrogens is 266 g/mol. The van der Waals surface area contributed by atoms with E-state index in [0.29, 0.717) is 6.54 Å². The lowest BCUT2D eigenvalue weighted by atomic mass is 10.1. The largest absolute Gasteiger partial charge is 1.00 e. The van der Waals surface area contributed by atoms with Crippen LogP contribution in [0.4, 0.5) is 0 Å². The molecule has 1 aromatic heterocycles. The first-order valence-corrected chi connectivity index (χ1v) is 5.03. The van der Waals surface area contributed by atoms with E-state index in [1.807, 2.05) is 65.5 Å². The van der Waals surface area contributed by atoms with E-state index in [1.54, 1.807) is 0 Å². The summed E-state index contributed by atoms with van der Waals surface area (Å²) in [5.41, 5.74) is 0.953. The van der Waals surface area contributed by atoms with Gasteiger partial charge in [-0.15, -0.1) is 0 Å². The monoisotopic (exact) mass is 279 g/mol. The predicted octanol–water partition coefficient (Wildman–Crippen LogP) is -1.29. The summed E-state index contributed by atoms with van der Waals surface area (Å²) in [6.45, 7) is 0.588. The number of aliphatic hydroxyl groups excluding tert-OH is 1. The maximum atomic E-state index is 9.95. The molecule has 1 atom stereocenters. The van der Waals surface area contributed by atoms with Gasteiger partial charge < -0.3 is 22.1 Å². The molecule has 2 aromatic rings. The van der Waals surface area contributed by atoms with Gasteiger partial charge in [-0.25, -0.2) is 4.57 Å². The van der Waals surface area contributed by atoms with Crippen LogP contribution in [0.2, 0.25) is 0 Å². The molecule has 0 radical (unpaired) electrons. The van der Waals surface area contributed by atoms with Crippen LogP contribution in [-0.2, 0) is 6.54 Å². The number of nitrogens with zero attached hydrogens (tertiary/aromatic N) is 1. The van der Waals surface area contributed by atoms with Crippen molar-refractivity contribution in [1.82, 2.24) is 0 Å². The Labute approximate surface area is 106 Å². The van der Waals surface area contributed by atoms with Crippen molar-refractivity contribution in [2.24, 2.45) is 0 Å². The Morgan fingerprint density at radius 1 is 0.938 bits per heavy atom. The molecule has 0 saturated carbocycles. The van der Waals surface area contributed by atoms with E-state index in [9.17, 15) is 5.11 Å². The highest BCUT2D eigenvalue weighted by Gasteiger charge is 2.11. The molecule has 0 amide bonds. The van der Waals surface area contributed by atoms with Crippen molar-refractivity contribution < 1.29 is 26.7 Å². The minimum atomic E-state index is -0.446. The van der Waals surface area contributed by atoms with Crippen LogP contribution in [-0.4, -0.2) is 5.11 Å². The van der Waals surface area contributed by atoms with Crippen LogP contribution in [0.25, 0.3) is 0 Å². The molecule has 0 aliphatic rings. The maximum Gasteiger partial charge on any atom is 0.178 e. The summed E-state index contributed by atoms with van der Waals surface area (Å²) in [4.78, 5) is 0. The molecule has 0 aliphatic heterocycles. The Kier molecular flexibility index (Phi) is 5.15. The number of benzene rings is 1. The molecule has 0 bridgehead atoms. The van der Waals surface area contributed by atoms with Gasteiger partial charge in [0.05, 0.1) is 0 Å². The van der Waals surface area contributed by atoms with Crippen LogP contribution >= 0.6 is 0 Å². The van der Waals surface area contributed by atoms with Crippen molar-refractivity contribution >= 4 is 0 Å². The zero-order valence-corrected chi connectivity index (χ0v) is 10.4. The second-order valence-electron chi connectivity index (χ2n) is 3.50. The van der Waals surface area contributed by atoms with Crippen molar-refractivity contribution in [2.45, 2.75) is 12.6 Å². The summed E-state index contributed by atoms with van der Waals surface area (Å²) in [5.74, 6) is 0. The topological polar surface area (TPSA) is 24.1 Å². The van der Waals surface area contributed by atoms with Crippen molar-refractivity contribution in [3.05, 3.63) is 66.5 Å². The third kappa shape index (κ3) is 3.43. The van der Waals surface area contributed by atoms with Gasteiger partial charge in [-0.2, -0.15) is 0 Å². The molecule has 3 heteroatoms. The number of halogens is 1. The van der Waals surface area contributed by atoms with Gasteiger partial charge in [0, 0.05) is 12.1 Å². The SMILES string of the molecule is OC(C[n+]1ccccc1)c1ccccc1.[Br-]. The summed E-state index contributed by atoms with van der Waals surface area (Å²) in [6, 6.07) is 15.6. The van der Waals surface area contributed by atoms with Gasteiger partial charge in [-0.1, -0.05) is 36.4 Å². The van der Waals surface area contributed by atoms with Crippen molar-refractivity contribution in [1.29, 1.82) is 0 Å². The van der Waals surface area contributed by atoms with E-state index in [4.69, 9.17) is 0 Å². The minimum Gasteiger partial charge on any atom is -1.00 e. The average molecular weight is 280 g/mol. The molecule has 1 aromatic carbocycles. The Balaban J connectivity index is 0.00000128. The van der Waals surface area contributed by atoms with Gasteiger partial charge in [-0.3, -0.25) is 0 Å². The fraction of sp³-hybridized carbons (Fsp3) is 0.154. The fourth-order valence-electron chi connectivity index (χ4n) is 1.54. The van der Waals surface area contributed by atoms with Crippen molar-refractivity contribution in [3.63, 3.8) is 0 Å². The standard InChI is InChI=1S/C13H14NO.BrH/c15-13(12-7-3-1-4-8-12)11-14-9-5-2-6-10-14;/h1-10,13,15H,11H2;1H/q+1;/p-1. The zero-order valence-electron chi connectivity index (χ0n) is 8.83. The Morgan fingerprint density at radius 2 is 1.50 bits per heavy atom. The lowest BCUT2D eigenvalue weighted by molar-refractivity contribution is -0.704. The molecule has 16 heavy (non-hydrogen) atoms. The maximum absolute atomic E-state index is 9.95. The first-order valence-electron chi connectivity index (χ1n) is 5.03. The molecule has 2 rings (SSSR count). The highest BCUT2D eigenvalue weighted by atomic mass is 79.9. The molecule has 1 unspecified atom stereocenters. The summed E-state index contributed by atoms with van der Waals surface area (Å²) >= 11 is 0. The Hall–Kier alpha value is -1.19. The lowest BCUT2D eigenvalue weighted by Gasteiger charge is -2.06. The lowest BCUT2D eigenvalue weighted by Crippen LogP contribution is -3.00. The molecule has 0 aliphatic carbocycles. The molecule has 1 heterocycles. The average Bonchev–Trinajstić information content (AvgIpc) is 2.31. The van der Waals surface area contributed by atoms with Gasteiger partial charge >= 0.3 is 0 Å². The molecule has 0 spiro atoms. The second-order valence-corrected chi connectivity index (χ2v) is 3.50. The van der Waals surface area contributed by atoms with Crippen LogP contribution in [0.15, 0.2) is 60.9 Å². The van der Waals surface area contributed by atoms with E-state index >= 15 is 0 Å². The smallest absolute Gasteiger partial charge is 0.178 e. The van der Waals surface area contributed by atoms with Gasteiger partial charge in [-0.05, 0) is 5.56 Å². The van der Waals surface area contributed by atoms with E-state index < -0.39 is 6.10 Å². The molecule has 0 fully saturated rings. The van der Waals surface area contributed by atoms with E-state index in [-0.39, 0.29) is 17.0 Å². The first-order chi connectivity index (χ1) is 7.36. The normalized spacial score (nSPS) is 11.6. The molecule has 2 nitrogen and oxygen atoms in total. The number of rotatable bonds is 3. The van der Waals surface area contributed by atoms with E-state index in [2.05, 4.69) is 0 Å². The Morgan fingerprint density at radius 3 is 2.12 bits per heavy atom. The quantitative estimate of drug-likeness (QED) is 0.695. The summed E-state index contributed by atoms with van der Waals surface area (Å²) in [6.07, 6.45) is 3.46. The number of hydrogen-bond donors (Lipinski definition) is 1. The third-order valence-electron chi connectivity index (χ3n) is 2.35. The zero-order chi connectivity index (χ0) is 10.5. The molecular formula is C13H14BrNO. The van der Waals surface area contributed by atoms with Crippen LogP contribution in [0.5, 0.6) is 0 Å². The third-order valence-corrected chi connectivity index (χ3v) is 2.35. The highest BCUT2D eigenvalue weighted by molar-refractivity contribution is 5.16. The highest BCUT2D eigenvalue weighted by Crippen LogP contribution is 2.11. The molecule has 0 saturated heterocycles. The first kappa shape index (κ1) is 12.9. The second kappa shape index (κ2) is 6.40.